The molecule has 0 N–H and O–H groups in total. The van der Waals surface area contributed by atoms with Gasteiger partial charge in [-0.15, -0.1) is 0 Å². The summed E-state index contributed by atoms with van der Waals surface area (Å²) in [5.41, 5.74) is 1.35. The molecule has 0 nitrogen and oxygen atoms in total. The molecule has 0 aliphatic heterocycles. The molecule has 0 radical (unpaired) electrons. The first kappa shape index (κ1) is 14.6. The maximum absolute atomic E-state index is 5.96. The van der Waals surface area contributed by atoms with E-state index in [0.29, 0.717) is 0 Å². The monoisotopic (exact) mass is 304 g/mol. The Balaban J connectivity index is 0.000000131. The van der Waals surface area contributed by atoms with Crippen LogP contribution in [0.15, 0.2) is 84.9 Å². The molecule has 4 aromatic carbocycles. The lowest BCUT2D eigenvalue weighted by Crippen LogP contribution is -1.75. The number of hydrogen-bond acceptors (Lipinski definition) is 0. The predicted octanol–water partition coefficient (Wildman–Crippen LogP) is 6.64. The summed E-state index contributed by atoms with van der Waals surface area (Å²) in [5, 5.41) is 5.82. The first-order valence-electron chi connectivity index (χ1n) is 7.33. The lowest BCUT2D eigenvalue weighted by atomic mass is 10.1. The maximum Gasteiger partial charge on any atom is 0.0484 e. The molecular formula is C21H17Cl. The maximum atomic E-state index is 5.96. The molecular weight excluding hydrogens is 288 g/mol. The van der Waals surface area contributed by atoms with Gasteiger partial charge in [0.2, 0.25) is 0 Å². The summed E-state index contributed by atoms with van der Waals surface area (Å²) in [6.07, 6.45) is 0. The Kier molecular flexibility index (Phi) is 4.41. The Hall–Kier alpha value is -2.31. The standard InChI is InChI=1S/C11H10.C10H7Cl/c1-9-5-4-7-10-6-2-3-8-11(9)10;11-10-7-3-5-8-4-1-2-6-9(8)10/h2-8H,1H3;1-7H. The van der Waals surface area contributed by atoms with E-state index in [1.165, 1.54) is 21.7 Å². The van der Waals surface area contributed by atoms with Crippen LogP contribution in [-0.2, 0) is 0 Å². The summed E-state index contributed by atoms with van der Waals surface area (Å²) < 4.78 is 0. The van der Waals surface area contributed by atoms with Crippen LogP contribution in [0.5, 0.6) is 0 Å². The third kappa shape index (κ3) is 3.13. The first-order chi connectivity index (χ1) is 10.8. The van der Waals surface area contributed by atoms with Crippen molar-refractivity contribution in [2.75, 3.05) is 0 Å². The quantitative estimate of drug-likeness (QED) is 0.341. The third-order valence-corrected chi connectivity index (χ3v) is 4.07. The highest BCUT2D eigenvalue weighted by Crippen LogP contribution is 2.22. The Labute approximate surface area is 136 Å². The number of aryl methyl sites for hydroxylation is 1. The highest BCUT2D eigenvalue weighted by Gasteiger charge is 1.94. The van der Waals surface area contributed by atoms with Crippen molar-refractivity contribution in [1.29, 1.82) is 0 Å². The van der Waals surface area contributed by atoms with Crippen molar-refractivity contribution in [3.8, 4) is 0 Å². The molecule has 22 heavy (non-hydrogen) atoms. The van der Waals surface area contributed by atoms with E-state index < -0.39 is 0 Å². The van der Waals surface area contributed by atoms with Gasteiger partial charge in [0.15, 0.2) is 0 Å². The zero-order chi connectivity index (χ0) is 15.4. The zero-order valence-corrected chi connectivity index (χ0v) is 13.2. The minimum absolute atomic E-state index is 0.822. The molecule has 0 heterocycles. The first-order valence-corrected chi connectivity index (χ1v) is 7.71. The molecule has 0 aliphatic carbocycles. The molecule has 4 rings (SSSR count). The third-order valence-electron chi connectivity index (χ3n) is 3.74. The topological polar surface area (TPSA) is 0 Å². The summed E-state index contributed by atoms with van der Waals surface area (Å²) in [6, 6.07) is 28.8. The Morgan fingerprint density at radius 2 is 1.05 bits per heavy atom. The molecule has 4 aromatic rings. The van der Waals surface area contributed by atoms with Crippen molar-refractivity contribution in [2.45, 2.75) is 6.92 Å². The van der Waals surface area contributed by atoms with E-state index in [-0.39, 0.29) is 0 Å². The normalized spacial score (nSPS) is 10.3. The Morgan fingerprint density at radius 3 is 1.68 bits per heavy atom. The average molecular weight is 305 g/mol. The lowest BCUT2D eigenvalue weighted by Gasteiger charge is -1.98. The fraction of sp³-hybridized carbons (Fsp3) is 0.0476. The van der Waals surface area contributed by atoms with Gasteiger partial charge in [0, 0.05) is 10.4 Å². The van der Waals surface area contributed by atoms with Gasteiger partial charge in [0.25, 0.3) is 0 Å². The van der Waals surface area contributed by atoms with Crippen molar-refractivity contribution in [2.24, 2.45) is 0 Å². The average Bonchev–Trinajstić information content (AvgIpc) is 2.57. The van der Waals surface area contributed by atoms with Crippen LogP contribution >= 0.6 is 11.6 Å². The smallest absolute Gasteiger partial charge is 0.0484 e. The minimum Gasteiger partial charge on any atom is -0.0837 e. The summed E-state index contributed by atoms with van der Waals surface area (Å²) in [6.45, 7) is 2.14. The van der Waals surface area contributed by atoms with Gasteiger partial charge in [0.1, 0.15) is 0 Å². The molecule has 0 aromatic heterocycles. The van der Waals surface area contributed by atoms with Crippen LogP contribution in [0.25, 0.3) is 21.5 Å². The van der Waals surface area contributed by atoms with Gasteiger partial charge in [0.05, 0.1) is 0 Å². The summed E-state index contributed by atoms with van der Waals surface area (Å²) in [5.74, 6) is 0. The van der Waals surface area contributed by atoms with Crippen molar-refractivity contribution < 1.29 is 0 Å². The molecule has 0 saturated heterocycles. The molecule has 0 unspecified atom stereocenters. The van der Waals surface area contributed by atoms with Crippen molar-refractivity contribution in [1.82, 2.24) is 0 Å². The van der Waals surface area contributed by atoms with E-state index in [1.54, 1.807) is 0 Å². The number of fused-ring (bicyclic) bond motifs is 2. The molecule has 0 saturated carbocycles. The van der Waals surface area contributed by atoms with Gasteiger partial charge in [-0.25, -0.2) is 0 Å². The zero-order valence-electron chi connectivity index (χ0n) is 12.5. The Bertz CT molecular complexity index is 822. The number of benzene rings is 4. The van der Waals surface area contributed by atoms with E-state index in [1.807, 2.05) is 30.3 Å². The van der Waals surface area contributed by atoms with Crippen LogP contribution in [0, 0.1) is 6.92 Å². The summed E-state index contributed by atoms with van der Waals surface area (Å²) >= 11 is 5.96. The van der Waals surface area contributed by atoms with E-state index >= 15 is 0 Å². The second-order valence-electron chi connectivity index (χ2n) is 5.26. The highest BCUT2D eigenvalue weighted by molar-refractivity contribution is 6.35. The fourth-order valence-electron chi connectivity index (χ4n) is 2.57. The fourth-order valence-corrected chi connectivity index (χ4v) is 2.82. The molecule has 108 valence electrons. The van der Waals surface area contributed by atoms with Crippen LogP contribution in [0.3, 0.4) is 0 Å². The second-order valence-corrected chi connectivity index (χ2v) is 5.66. The van der Waals surface area contributed by atoms with Crippen molar-refractivity contribution in [3.05, 3.63) is 95.5 Å². The van der Waals surface area contributed by atoms with Gasteiger partial charge in [-0.1, -0.05) is 90.5 Å². The van der Waals surface area contributed by atoms with Crippen LogP contribution in [0.1, 0.15) is 5.56 Å². The molecule has 0 bridgehead atoms. The molecule has 1 heteroatoms. The predicted molar refractivity (Wildman–Crippen MR) is 97.6 cm³/mol. The van der Waals surface area contributed by atoms with Crippen LogP contribution in [-0.4, -0.2) is 0 Å². The molecule has 0 spiro atoms. The number of halogens is 1. The summed E-state index contributed by atoms with van der Waals surface area (Å²) in [4.78, 5) is 0. The largest absolute Gasteiger partial charge is 0.0837 e. The van der Waals surface area contributed by atoms with Gasteiger partial charge < -0.3 is 0 Å². The molecule has 0 atom stereocenters. The molecule has 0 amide bonds. The van der Waals surface area contributed by atoms with Gasteiger partial charge in [-0.2, -0.15) is 0 Å². The highest BCUT2D eigenvalue weighted by atomic mass is 35.5. The second kappa shape index (κ2) is 6.64. The molecule has 0 fully saturated rings. The number of hydrogen-bond donors (Lipinski definition) is 0. The van der Waals surface area contributed by atoms with Crippen molar-refractivity contribution >= 4 is 33.1 Å². The van der Waals surface area contributed by atoms with Crippen LogP contribution in [0.2, 0.25) is 5.02 Å². The van der Waals surface area contributed by atoms with E-state index in [4.69, 9.17) is 11.6 Å². The molecule has 0 aliphatic rings. The van der Waals surface area contributed by atoms with Gasteiger partial charge in [-0.05, 0) is 34.7 Å². The van der Waals surface area contributed by atoms with Gasteiger partial charge >= 0.3 is 0 Å². The minimum atomic E-state index is 0.822. The lowest BCUT2D eigenvalue weighted by molar-refractivity contribution is 1.53. The van der Waals surface area contributed by atoms with Crippen molar-refractivity contribution in [3.63, 3.8) is 0 Å². The SMILES string of the molecule is Cc1cccc2ccccc12.Clc1cccc2ccccc12. The van der Waals surface area contributed by atoms with Crippen LogP contribution < -0.4 is 0 Å². The summed E-state index contributed by atoms with van der Waals surface area (Å²) in [7, 11) is 0. The van der Waals surface area contributed by atoms with Gasteiger partial charge in [-0.3, -0.25) is 0 Å². The van der Waals surface area contributed by atoms with E-state index in [0.717, 1.165) is 10.4 Å². The Morgan fingerprint density at radius 1 is 0.545 bits per heavy atom. The number of rotatable bonds is 0. The van der Waals surface area contributed by atoms with E-state index in [2.05, 4.69) is 61.5 Å². The van der Waals surface area contributed by atoms with Crippen LogP contribution in [0.4, 0.5) is 0 Å². The van der Waals surface area contributed by atoms with E-state index in [9.17, 15) is 0 Å².